The van der Waals surface area contributed by atoms with Crippen LogP contribution in [-0.4, -0.2) is 48.4 Å². The first-order valence-corrected chi connectivity index (χ1v) is 11.9. The van der Waals surface area contributed by atoms with Gasteiger partial charge in [-0.1, -0.05) is 47.4 Å². The van der Waals surface area contributed by atoms with Crippen LogP contribution in [0.2, 0.25) is 0 Å². The summed E-state index contributed by atoms with van der Waals surface area (Å²) in [5.41, 5.74) is 5.54. The van der Waals surface area contributed by atoms with Crippen LogP contribution >= 0.6 is 0 Å². The van der Waals surface area contributed by atoms with Gasteiger partial charge in [-0.25, -0.2) is 0 Å². The maximum Gasteiger partial charge on any atom is 0.246 e. The second-order valence-electron chi connectivity index (χ2n) is 9.10. The molecule has 0 aromatic rings. The Morgan fingerprint density at radius 1 is 0.733 bits per heavy atom. The van der Waals surface area contributed by atoms with E-state index in [0.29, 0.717) is 0 Å². The molecule has 0 aliphatic carbocycles. The van der Waals surface area contributed by atoms with Crippen molar-refractivity contribution in [3.63, 3.8) is 0 Å². The number of amides is 1. The largest absolute Gasteiger partial charge is 0.338 e. The van der Waals surface area contributed by atoms with Gasteiger partial charge in [0, 0.05) is 25.7 Å². The Bertz CT molecular complexity index is 635. The third-order valence-electron chi connectivity index (χ3n) is 5.87. The van der Waals surface area contributed by atoms with Crippen LogP contribution in [0.1, 0.15) is 86.5 Å². The van der Waals surface area contributed by atoms with Gasteiger partial charge < -0.3 is 9.80 Å². The monoisotopic (exact) mass is 414 g/mol. The van der Waals surface area contributed by atoms with E-state index in [9.17, 15) is 4.79 Å². The van der Waals surface area contributed by atoms with Gasteiger partial charge in [0.1, 0.15) is 0 Å². The SMILES string of the molecule is CCN1CCCN(C(=O)C=C(C)CCC=C(C)CCC=C(C)CCC=C(C)C)CC1. The van der Waals surface area contributed by atoms with E-state index in [4.69, 9.17) is 0 Å². The highest BCUT2D eigenvalue weighted by Gasteiger charge is 2.16. The number of hydrogen-bond acceptors (Lipinski definition) is 2. The van der Waals surface area contributed by atoms with E-state index in [0.717, 1.165) is 71.2 Å². The molecule has 0 aromatic carbocycles. The van der Waals surface area contributed by atoms with Gasteiger partial charge in [0.05, 0.1) is 0 Å². The standard InChI is InChI=1S/C27H46N2O/c1-7-28-18-11-19-29(21-20-28)27(30)22-26(6)17-10-16-25(5)15-9-14-24(4)13-8-12-23(2)3/h12,14,16,22H,7-11,13,15,17-21H2,1-6H3. The minimum atomic E-state index is 0.194. The number of hydrogen-bond donors (Lipinski definition) is 0. The Morgan fingerprint density at radius 2 is 1.30 bits per heavy atom. The summed E-state index contributed by atoms with van der Waals surface area (Å²) in [5.74, 6) is 0.194. The summed E-state index contributed by atoms with van der Waals surface area (Å²) < 4.78 is 0. The molecule has 1 rings (SSSR count). The minimum Gasteiger partial charge on any atom is -0.338 e. The average Bonchev–Trinajstić information content (AvgIpc) is 2.93. The van der Waals surface area contributed by atoms with Crippen molar-refractivity contribution in [2.45, 2.75) is 86.5 Å². The fourth-order valence-corrected chi connectivity index (χ4v) is 3.77. The molecular weight excluding hydrogens is 368 g/mol. The van der Waals surface area contributed by atoms with Gasteiger partial charge in [-0.3, -0.25) is 4.79 Å². The predicted octanol–water partition coefficient (Wildman–Crippen LogP) is 6.69. The van der Waals surface area contributed by atoms with Gasteiger partial charge in [0.25, 0.3) is 0 Å². The Labute approximate surface area is 186 Å². The molecule has 1 aliphatic heterocycles. The molecule has 0 spiro atoms. The molecule has 0 aromatic heterocycles. The molecule has 1 aliphatic rings. The van der Waals surface area contributed by atoms with Crippen molar-refractivity contribution in [1.82, 2.24) is 9.80 Å². The molecule has 1 fully saturated rings. The average molecular weight is 415 g/mol. The highest BCUT2D eigenvalue weighted by molar-refractivity contribution is 5.88. The summed E-state index contributed by atoms with van der Waals surface area (Å²) >= 11 is 0. The van der Waals surface area contributed by atoms with E-state index in [2.05, 4.69) is 64.7 Å². The number of allylic oxidation sites excluding steroid dienone is 7. The Morgan fingerprint density at radius 3 is 1.87 bits per heavy atom. The molecule has 0 N–H and O–H groups in total. The van der Waals surface area contributed by atoms with Gasteiger partial charge >= 0.3 is 0 Å². The molecular formula is C27H46N2O. The molecule has 170 valence electrons. The molecule has 1 amide bonds. The van der Waals surface area contributed by atoms with Gasteiger partial charge in [-0.05, 0) is 92.7 Å². The summed E-state index contributed by atoms with van der Waals surface area (Å²) in [6.07, 6.45) is 16.6. The van der Waals surface area contributed by atoms with Crippen molar-refractivity contribution in [1.29, 1.82) is 0 Å². The van der Waals surface area contributed by atoms with Gasteiger partial charge in [-0.2, -0.15) is 0 Å². The van der Waals surface area contributed by atoms with Crippen molar-refractivity contribution in [3.8, 4) is 0 Å². The van der Waals surface area contributed by atoms with Crippen LogP contribution in [-0.2, 0) is 4.79 Å². The molecule has 3 nitrogen and oxygen atoms in total. The Kier molecular flexibility index (Phi) is 13.4. The van der Waals surface area contributed by atoms with E-state index in [1.165, 1.54) is 28.7 Å². The fourth-order valence-electron chi connectivity index (χ4n) is 3.77. The molecule has 1 heterocycles. The van der Waals surface area contributed by atoms with Crippen molar-refractivity contribution < 1.29 is 4.79 Å². The zero-order valence-corrected chi connectivity index (χ0v) is 20.6. The number of rotatable bonds is 11. The Hall–Kier alpha value is -1.61. The third-order valence-corrected chi connectivity index (χ3v) is 5.87. The van der Waals surface area contributed by atoms with Crippen molar-refractivity contribution >= 4 is 5.91 Å². The minimum absolute atomic E-state index is 0.194. The number of nitrogens with zero attached hydrogens (tertiary/aromatic N) is 2. The lowest BCUT2D eigenvalue weighted by atomic mass is 10.0. The highest BCUT2D eigenvalue weighted by atomic mass is 16.2. The fraction of sp³-hybridized carbons (Fsp3) is 0.667. The van der Waals surface area contributed by atoms with Gasteiger partial charge in [0.15, 0.2) is 0 Å². The Balaban J connectivity index is 2.33. The van der Waals surface area contributed by atoms with Crippen LogP contribution in [0.5, 0.6) is 0 Å². The van der Waals surface area contributed by atoms with E-state index in [1.54, 1.807) is 0 Å². The van der Waals surface area contributed by atoms with Gasteiger partial charge in [-0.15, -0.1) is 0 Å². The smallest absolute Gasteiger partial charge is 0.246 e. The van der Waals surface area contributed by atoms with Crippen molar-refractivity contribution in [3.05, 3.63) is 46.6 Å². The van der Waals surface area contributed by atoms with Gasteiger partial charge in [0.2, 0.25) is 5.91 Å². The molecule has 1 saturated heterocycles. The van der Waals surface area contributed by atoms with Crippen LogP contribution in [0.4, 0.5) is 0 Å². The number of likely N-dealkylation sites (N-methyl/N-ethyl adjacent to an activating group) is 1. The van der Waals surface area contributed by atoms with Crippen LogP contribution in [0.25, 0.3) is 0 Å². The maximum atomic E-state index is 12.6. The summed E-state index contributed by atoms with van der Waals surface area (Å²) in [5, 5.41) is 0. The lowest BCUT2D eigenvalue weighted by Crippen LogP contribution is -2.34. The summed E-state index contributed by atoms with van der Waals surface area (Å²) in [6.45, 7) is 18.0. The first-order chi connectivity index (χ1) is 14.3. The number of carbonyl (C=O) groups excluding carboxylic acids is 1. The quantitative estimate of drug-likeness (QED) is 0.278. The first-order valence-electron chi connectivity index (χ1n) is 11.9. The molecule has 0 unspecified atom stereocenters. The second kappa shape index (κ2) is 15.2. The van der Waals surface area contributed by atoms with Crippen molar-refractivity contribution in [2.24, 2.45) is 0 Å². The second-order valence-corrected chi connectivity index (χ2v) is 9.10. The number of carbonyl (C=O) groups is 1. The zero-order valence-electron chi connectivity index (χ0n) is 20.6. The zero-order chi connectivity index (χ0) is 22.4. The summed E-state index contributed by atoms with van der Waals surface area (Å²) in [4.78, 5) is 17.0. The molecule has 3 heteroatoms. The summed E-state index contributed by atoms with van der Waals surface area (Å²) in [7, 11) is 0. The maximum absolute atomic E-state index is 12.6. The first kappa shape index (κ1) is 26.4. The topological polar surface area (TPSA) is 23.6 Å². The van der Waals surface area contributed by atoms with Crippen LogP contribution in [0.15, 0.2) is 46.6 Å². The normalized spacial score (nSPS) is 17.1. The molecule has 0 atom stereocenters. The van der Waals surface area contributed by atoms with E-state index in [1.807, 2.05) is 11.0 Å². The van der Waals surface area contributed by atoms with Crippen LogP contribution < -0.4 is 0 Å². The van der Waals surface area contributed by atoms with Crippen LogP contribution in [0.3, 0.4) is 0 Å². The van der Waals surface area contributed by atoms with E-state index in [-0.39, 0.29) is 5.91 Å². The summed E-state index contributed by atoms with van der Waals surface area (Å²) in [6, 6.07) is 0. The molecule has 0 saturated carbocycles. The molecule has 0 radical (unpaired) electrons. The molecule has 0 bridgehead atoms. The lowest BCUT2D eigenvalue weighted by Gasteiger charge is -2.20. The molecule has 30 heavy (non-hydrogen) atoms. The highest BCUT2D eigenvalue weighted by Crippen LogP contribution is 2.14. The van der Waals surface area contributed by atoms with Crippen LogP contribution in [0, 0.1) is 0 Å². The lowest BCUT2D eigenvalue weighted by molar-refractivity contribution is -0.125. The van der Waals surface area contributed by atoms with Crippen molar-refractivity contribution in [2.75, 3.05) is 32.7 Å². The van der Waals surface area contributed by atoms with E-state index >= 15 is 0 Å². The predicted molar refractivity (Wildman–Crippen MR) is 132 cm³/mol. The third kappa shape index (κ3) is 12.2. The van der Waals surface area contributed by atoms with E-state index < -0.39 is 0 Å².